The minimum absolute atomic E-state index is 0.421. The van der Waals surface area contributed by atoms with E-state index in [1.165, 1.54) is 29.8 Å². The molecule has 154 valence electrons. The Morgan fingerprint density at radius 1 is 1.10 bits per heavy atom. The highest BCUT2D eigenvalue weighted by atomic mass is 15.1. The maximum atomic E-state index is 6.53. The fourth-order valence-corrected chi connectivity index (χ4v) is 4.35. The Hall–Kier alpha value is -3.07. The lowest BCUT2D eigenvalue weighted by Gasteiger charge is -2.35. The van der Waals surface area contributed by atoms with Gasteiger partial charge in [0, 0.05) is 19.0 Å². The normalized spacial score (nSPS) is 14.3. The van der Waals surface area contributed by atoms with Gasteiger partial charge in [0.2, 0.25) is 0 Å². The third-order valence-electron chi connectivity index (χ3n) is 6.40. The molecule has 0 saturated heterocycles. The number of nitrogens with zero attached hydrogens (tertiary/aromatic N) is 2. The van der Waals surface area contributed by atoms with Crippen LogP contribution >= 0.6 is 0 Å². The number of imidazole rings is 1. The van der Waals surface area contributed by atoms with Crippen molar-refractivity contribution < 1.29 is 4.57 Å². The molecule has 4 rings (SSSR count). The maximum Gasteiger partial charge on any atom is 0.253 e. The van der Waals surface area contributed by atoms with Crippen molar-refractivity contribution in [3.8, 4) is 0 Å². The van der Waals surface area contributed by atoms with Crippen LogP contribution in [0.3, 0.4) is 0 Å². The molecular weight excluding hydrogens is 366 g/mol. The number of hydrogen-bond donors (Lipinski definition) is 1. The molecule has 1 heterocycles. The van der Waals surface area contributed by atoms with Crippen LogP contribution in [0.2, 0.25) is 0 Å². The summed E-state index contributed by atoms with van der Waals surface area (Å²) in [5.74, 6) is 2.08. The van der Waals surface area contributed by atoms with Crippen LogP contribution in [0.1, 0.15) is 36.2 Å². The second kappa shape index (κ2) is 8.74. The monoisotopic (exact) mass is 398 g/mol. The number of nitrogens with two attached hydrogens (primary N) is 1. The van der Waals surface area contributed by atoms with Gasteiger partial charge >= 0.3 is 0 Å². The Balaban J connectivity index is 1.62. The molecule has 1 aliphatic carbocycles. The number of allylic oxidation sites excluding steroid dienone is 3. The van der Waals surface area contributed by atoms with Gasteiger partial charge in [-0.3, -0.25) is 0 Å². The van der Waals surface area contributed by atoms with E-state index < -0.39 is 5.41 Å². The first kappa shape index (κ1) is 20.2. The predicted octanol–water partition coefficient (Wildman–Crippen LogP) is 4.90. The standard InChI is InChI=1S/C27H32N3/c1-22(28)27(25-11-5-3-6-12-25,26-13-7-4-8-14-26)17-19-30-21-20-29(23(30)2)18-9-10-24-15-16-24/h3-14,20-21,24H,1,15-19,28H2,2H3/q+1/b10-9+. The van der Waals surface area contributed by atoms with Crippen LogP contribution in [0.15, 0.2) is 97.5 Å². The summed E-state index contributed by atoms with van der Waals surface area (Å²) in [6.45, 7) is 8.23. The van der Waals surface area contributed by atoms with Crippen molar-refractivity contribution in [2.45, 2.75) is 44.7 Å². The van der Waals surface area contributed by atoms with Gasteiger partial charge in [-0.25, -0.2) is 9.13 Å². The van der Waals surface area contributed by atoms with Crippen LogP contribution in [0.25, 0.3) is 0 Å². The summed E-state index contributed by atoms with van der Waals surface area (Å²) < 4.78 is 4.64. The van der Waals surface area contributed by atoms with Crippen LogP contribution in [0.4, 0.5) is 0 Å². The molecule has 1 aliphatic rings. The molecule has 0 atom stereocenters. The number of aryl methyl sites for hydroxylation is 1. The average molecular weight is 399 g/mol. The number of hydrogen-bond acceptors (Lipinski definition) is 1. The van der Waals surface area contributed by atoms with Gasteiger partial charge in [0.1, 0.15) is 18.9 Å². The Labute approximate surface area is 180 Å². The predicted molar refractivity (Wildman–Crippen MR) is 123 cm³/mol. The molecule has 0 bridgehead atoms. The van der Waals surface area contributed by atoms with E-state index in [0.717, 1.165) is 25.4 Å². The van der Waals surface area contributed by atoms with E-state index in [0.29, 0.717) is 5.70 Å². The molecule has 1 saturated carbocycles. The second-order valence-corrected chi connectivity index (χ2v) is 8.37. The fraction of sp³-hybridized carbons (Fsp3) is 0.296. The van der Waals surface area contributed by atoms with Crippen molar-refractivity contribution in [3.63, 3.8) is 0 Å². The molecule has 1 aromatic heterocycles. The van der Waals surface area contributed by atoms with Crippen LogP contribution in [0, 0.1) is 12.8 Å². The van der Waals surface area contributed by atoms with E-state index in [1.54, 1.807) is 0 Å². The Bertz CT molecular complexity index is 971. The molecule has 30 heavy (non-hydrogen) atoms. The SMILES string of the molecule is C=C(N)C(CCn1cc[n+](C/C=C/C2CC2)c1C)(c1ccccc1)c1ccccc1. The molecule has 0 radical (unpaired) electrons. The van der Waals surface area contributed by atoms with Crippen LogP contribution < -0.4 is 10.3 Å². The topological polar surface area (TPSA) is 34.8 Å². The summed E-state index contributed by atoms with van der Waals surface area (Å²) >= 11 is 0. The minimum Gasteiger partial charge on any atom is -0.402 e. The Morgan fingerprint density at radius 2 is 1.70 bits per heavy atom. The maximum absolute atomic E-state index is 6.53. The highest BCUT2D eigenvalue weighted by Gasteiger charge is 2.36. The van der Waals surface area contributed by atoms with Gasteiger partial charge in [-0.15, -0.1) is 0 Å². The molecular formula is C27H32N3+. The number of aromatic nitrogens is 2. The lowest BCUT2D eigenvalue weighted by molar-refractivity contribution is -0.692. The highest BCUT2D eigenvalue weighted by molar-refractivity contribution is 5.46. The molecule has 0 spiro atoms. The average Bonchev–Trinajstić information content (AvgIpc) is 3.53. The van der Waals surface area contributed by atoms with Crippen LogP contribution in [0.5, 0.6) is 0 Å². The summed E-state index contributed by atoms with van der Waals surface area (Å²) in [5.41, 5.74) is 9.17. The van der Waals surface area contributed by atoms with Crippen molar-refractivity contribution in [1.82, 2.24) is 4.57 Å². The van der Waals surface area contributed by atoms with Gasteiger partial charge in [0.25, 0.3) is 5.82 Å². The third kappa shape index (κ3) is 4.11. The summed E-state index contributed by atoms with van der Waals surface area (Å²) in [7, 11) is 0. The van der Waals surface area contributed by atoms with Gasteiger partial charge in [-0.2, -0.15) is 0 Å². The molecule has 3 heteroatoms. The summed E-state index contributed by atoms with van der Waals surface area (Å²) in [6, 6.07) is 21.1. The van der Waals surface area contributed by atoms with E-state index in [-0.39, 0.29) is 0 Å². The number of benzene rings is 2. The lowest BCUT2D eigenvalue weighted by atomic mass is 9.70. The van der Waals surface area contributed by atoms with Crippen LogP contribution in [-0.2, 0) is 18.5 Å². The molecule has 3 nitrogen and oxygen atoms in total. The van der Waals surface area contributed by atoms with Gasteiger partial charge < -0.3 is 5.73 Å². The second-order valence-electron chi connectivity index (χ2n) is 8.37. The van der Waals surface area contributed by atoms with Crippen LogP contribution in [-0.4, -0.2) is 4.57 Å². The van der Waals surface area contributed by atoms with Crippen molar-refractivity contribution in [3.05, 3.63) is 114 Å². The zero-order valence-electron chi connectivity index (χ0n) is 17.9. The Morgan fingerprint density at radius 3 is 2.23 bits per heavy atom. The Kier molecular flexibility index (Phi) is 5.89. The fourth-order valence-electron chi connectivity index (χ4n) is 4.35. The van der Waals surface area contributed by atoms with Crippen molar-refractivity contribution in [2.24, 2.45) is 11.7 Å². The minimum atomic E-state index is -0.421. The van der Waals surface area contributed by atoms with E-state index in [9.17, 15) is 0 Å². The first-order valence-corrected chi connectivity index (χ1v) is 10.9. The van der Waals surface area contributed by atoms with Gasteiger partial charge in [0.05, 0.1) is 12.0 Å². The molecule has 0 aliphatic heterocycles. The lowest BCUT2D eigenvalue weighted by Crippen LogP contribution is -2.37. The summed E-state index contributed by atoms with van der Waals surface area (Å²) in [6.07, 6.45) is 12.6. The molecule has 0 amide bonds. The van der Waals surface area contributed by atoms with Crippen molar-refractivity contribution in [2.75, 3.05) is 0 Å². The van der Waals surface area contributed by atoms with E-state index in [2.05, 4.69) is 95.7 Å². The highest BCUT2D eigenvalue weighted by Crippen LogP contribution is 2.40. The third-order valence-corrected chi connectivity index (χ3v) is 6.40. The quantitative estimate of drug-likeness (QED) is 0.404. The largest absolute Gasteiger partial charge is 0.402 e. The van der Waals surface area contributed by atoms with Gasteiger partial charge in [-0.05, 0) is 36.0 Å². The molecule has 2 aromatic carbocycles. The zero-order valence-corrected chi connectivity index (χ0v) is 17.9. The van der Waals surface area contributed by atoms with E-state index >= 15 is 0 Å². The van der Waals surface area contributed by atoms with E-state index in [4.69, 9.17) is 5.73 Å². The van der Waals surface area contributed by atoms with Crippen molar-refractivity contribution in [1.29, 1.82) is 0 Å². The van der Waals surface area contributed by atoms with E-state index in [1.807, 2.05) is 12.1 Å². The van der Waals surface area contributed by atoms with Gasteiger partial charge in [0.15, 0.2) is 0 Å². The molecule has 1 fully saturated rings. The van der Waals surface area contributed by atoms with Gasteiger partial charge in [-0.1, -0.05) is 73.3 Å². The summed E-state index contributed by atoms with van der Waals surface area (Å²) in [4.78, 5) is 0. The first-order chi connectivity index (χ1) is 14.6. The summed E-state index contributed by atoms with van der Waals surface area (Å²) in [5, 5.41) is 0. The first-order valence-electron chi connectivity index (χ1n) is 10.9. The molecule has 3 aromatic rings. The zero-order chi connectivity index (χ0) is 21.0. The molecule has 0 unspecified atom stereocenters. The van der Waals surface area contributed by atoms with Crippen molar-refractivity contribution >= 4 is 0 Å². The number of rotatable bonds is 9. The smallest absolute Gasteiger partial charge is 0.253 e. The molecule has 2 N–H and O–H groups in total.